The van der Waals surface area contributed by atoms with Crippen molar-refractivity contribution in [3.63, 3.8) is 0 Å². The summed E-state index contributed by atoms with van der Waals surface area (Å²) in [6.07, 6.45) is 1.67. The number of aromatic hydroxyl groups is 1. The normalized spacial score (nSPS) is 10.5. The van der Waals surface area contributed by atoms with Crippen LogP contribution in [0, 0.1) is 0 Å². The summed E-state index contributed by atoms with van der Waals surface area (Å²) >= 11 is 0. The Kier molecular flexibility index (Phi) is 3.66. The van der Waals surface area contributed by atoms with Gasteiger partial charge in [0.2, 0.25) is 0 Å². The number of imidazole rings is 1. The number of hydrogen-bond donors (Lipinski definition) is 2. The van der Waals surface area contributed by atoms with Crippen LogP contribution in [0.1, 0.15) is 11.3 Å². The molecule has 0 bridgehead atoms. The minimum Gasteiger partial charge on any atom is -0.508 e. The SMILES string of the molecule is C=C(O)c1c(-c2ccccc2)ncn1Cc1cccc(O)c1. The van der Waals surface area contributed by atoms with E-state index >= 15 is 0 Å². The molecule has 2 N–H and O–H groups in total. The summed E-state index contributed by atoms with van der Waals surface area (Å²) in [7, 11) is 0. The van der Waals surface area contributed by atoms with E-state index in [-0.39, 0.29) is 11.5 Å². The van der Waals surface area contributed by atoms with Crippen molar-refractivity contribution in [2.75, 3.05) is 0 Å². The van der Waals surface area contributed by atoms with E-state index in [0.717, 1.165) is 11.1 Å². The Morgan fingerprint density at radius 3 is 2.55 bits per heavy atom. The minimum atomic E-state index is -0.0310. The molecule has 22 heavy (non-hydrogen) atoms. The number of phenolic OH excluding ortho intramolecular Hbond substituents is 1. The number of benzene rings is 2. The highest BCUT2D eigenvalue weighted by atomic mass is 16.3. The van der Waals surface area contributed by atoms with Crippen molar-refractivity contribution < 1.29 is 10.2 Å². The molecule has 3 aromatic rings. The fraction of sp³-hybridized carbons (Fsp3) is 0.0556. The Hall–Kier alpha value is -3.01. The van der Waals surface area contributed by atoms with Gasteiger partial charge < -0.3 is 14.8 Å². The number of nitrogens with zero attached hydrogens (tertiary/aromatic N) is 2. The topological polar surface area (TPSA) is 58.3 Å². The average molecular weight is 292 g/mol. The highest BCUT2D eigenvalue weighted by Crippen LogP contribution is 2.26. The summed E-state index contributed by atoms with van der Waals surface area (Å²) in [5.41, 5.74) is 3.10. The number of hydrogen-bond acceptors (Lipinski definition) is 3. The van der Waals surface area contributed by atoms with Crippen LogP contribution in [0.3, 0.4) is 0 Å². The molecule has 0 aliphatic carbocycles. The van der Waals surface area contributed by atoms with Crippen LogP contribution < -0.4 is 0 Å². The zero-order valence-electron chi connectivity index (χ0n) is 12.0. The molecule has 4 nitrogen and oxygen atoms in total. The number of aliphatic hydroxyl groups is 1. The van der Waals surface area contributed by atoms with Gasteiger partial charge in [-0.2, -0.15) is 0 Å². The van der Waals surface area contributed by atoms with Crippen molar-refractivity contribution >= 4 is 5.76 Å². The predicted molar refractivity (Wildman–Crippen MR) is 86.5 cm³/mol. The molecule has 0 radical (unpaired) electrons. The van der Waals surface area contributed by atoms with Crippen molar-refractivity contribution in [3.05, 3.63) is 78.8 Å². The zero-order chi connectivity index (χ0) is 15.5. The molecule has 0 atom stereocenters. The first kappa shape index (κ1) is 13.9. The number of aromatic nitrogens is 2. The quantitative estimate of drug-likeness (QED) is 0.718. The van der Waals surface area contributed by atoms with Gasteiger partial charge in [-0.05, 0) is 17.7 Å². The summed E-state index contributed by atoms with van der Waals surface area (Å²) in [5.74, 6) is 0.182. The van der Waals surface area contributed by atoms with E-state index in [1.54, 1.807) is 24.5 Å². The Morgan fingerprint density at radius 2 is 1.86 bits per heavy atom. The molecule has 0 aliphatic heterocycles. The molecular weight excluding hydrogens is 276 g/mol. The van der Waals surface area contributed by atoms with Crippen LogP contribution in [-0.4, -0.2) is 19.8 Å². The molecule has 0 fully saturated rings. The predicted octanol–water partition coefficient (Wildman–Crippen LogP) is 3.83. The van der Waals surface area contributed by atoms with E-state index in [0.29, 0.717) is 17.9 Å². The molecule has 1 aromatic heterocycles. The zero-order valence-corrected chi connectivity index (χ0v) is 12.0. The Bertz CT molecular complexity index is 807. The first-order valence-corrected chi connectivity index (χ1v) is 6.92. The van der Waals surface area contributed by atoms with Gasteiger partial charge in [-0.1, -0.05) is 49.0 Å². The first-order valence-electron chi connectivity index (χ1n) is 6.92. The van der Waals surface area contributed by atoms with Crippen molar-refractivity contribution in [1.29, 1.82) is 0 Å². The van der Waals surface area contributed by atoms with E-state index < -0.39 is 0 Å². The van der Waals surface area contributed by atoms with Crippen LogP contribution in [0.25, 0.3) is 17.0 Å². The second kappa shape index (κ2) is 5.77. The lowest BCUT2D eigenvalue weighted by Gasteiger charge is -2.09. The molecule has 110 valence electrons. The van der Waals surface area contributed by atoms with Gasteiger partial charge in [0.1, 0.15) is 17.2 Å². The van der Waals surface area contributed by atoms with Crippen molar-refractivity contribution in [2.24, 2.45) is 0 Å². The Labute approximate surface area is 128 Å². The third-order valence-electron chi connectivity index (χ3n) is 3.42. The molecule has 0 unspecified atom stereocenters. The average Bonchev–Trinajstić information content (AvgIpc) is 2.92. The van der Waals surface area contributed by atoms with Crippen LogP contribution >= 0.6 is 0 Å². The molecule has 2 aromatic carbocycles. The van der Waals surface area contributed by atoms with E-state index in [1.807, 2.05) is 41.0 Å². The maximum atomic E-state index is 9.96. The minimum absolute atomic E-state index is 0.0310. The van der Waals surface area contributed by atoms with Gasteiger partial charge in [-0.25, -0.2) is 4.98 Å². The number of phenols is 1. The largest absolute Gasteiger partial charge is 0.508 e. The fourth-order valence-electron chi connectivity index (χ4n) is 2.46. The fourth-order valence-corrected chi connectivity index (χ4v) is 2.46. The molecular formula is C18H16N2O2. The van der Waals surface area contributed by atoms with Crippen LogP contribution in [0.2, 0.25) is 0 Å². The molecule has 1 heterocycles. The lowest BCUT2D eigenvalue weighted by molar-refractivity contribution is 0.474. The van der Waals surface area contributed by atoms with Gasteiger partial charge in [0.15, 0.2) is 0 Å². The van der Waals surface area contributed by atoms with Gasteiger partial charge in [0.05, 0.1) is 12.0 Å². The summed E-state index contributed by atoms with van der Waals surface area (Å²) in [5, 5.41) is 19.5. The van der Waals surface area contributed by atoms with Gasteiger partial charge in [0, 0.05) is 12.1 Å². The lowest BCUT2D eigenvalue weighted by atomic mass is 10.1. The smallest absolute Gasteiger partial charge is 0.134 e. The van der Waals surface area contributed by atoms with E-state index in [1.165, 1.54) is 0 Å². The van der Waals surface area contributed by atoms with Crippen LogP contribution in [0.15, 0.2) is 67.5 Å². The second-order valence-corrected chi connectivity index (χ2v) is 5.05. The molecule has 0 saturated heterocycles. The molecule has 4 heteroatoms. The van der Waals surface area contributed by atoms with Crippen molar-refractivity contribution in [1.82, 2.24) is 9.55 Å². The highest BCUT2D eigenvalue weighted by molar-refractivity contribution is 5.73. The summed E-state index contributed by atoms with van der Waals surface area (Å²) < 4.78 is 1.82. The van der Waals surface area contributed by atoms with Crippen LogP contribution in [0.5, 0.6) is 5.75 Å². The molecule has 0 aliphatic rings. The number of rotatable bonds is 4. The standard InChI is InChI=1S/C18H16N2O2/c1-13(21)18-17(15-7-3-2-4-8-15)19-12-20(18)11-14-6-5-9-16(22)10-14/h2-10,12,21-22H,1,11H2. The van der Waals surface area contributed by atoms with Gasteiger partial charge in [-0.15, -0.1) is 0 Å². The number of aliphatic hydroxyl groups excluding tert-OH is 1. The van der Waals surface area contributed by atoms with Gasteiger partial charge in [0.25, 0.3) is 0 Å². The molecule has 0 amide bonds. The van der Waals surface area contributed by atoms with Gasteiger partial charge >= 0.3 is 0 Å². The third kappa shape index (κ3) is 2.72. The van der Waals surface area contributed by atoms with Crippen molar-refractivity contribution in [2.45, 2.75) is 6.54 Å². The molecule has 0 spiro atoms. The first-order chi connectivity index (χ1) is 10.6. The van der Waals surface area contributed by atoms with E-state index in [9.17, 15) is 10.2 Å². The van der Waals surface area contributed by atoms with Crippen molar-refractivity contribution in [3.8, 4) is 17.0 Å². The molecule has 0 saturated carbocycles. The lowest BCUT2D eigenvalue weighted by Crippen LogP contribution is -2.03. The maximum Gasteiger partial charge on any atom is 0.134 e. The second-order valence-electron chi connectivity index (χ2n) is 5.05. The summed E-state index contributed by atoms with van der Waals surface area (Å²) in [4.78, 5) is 4.41. The monoisotopic (exact) mass is 292 g/mol. The Balaban J connectivity index is 2.02. The summed E-state index contributed by atoms with van der Waals surface area (Å²) in [6, 6.07) is 16.7. The summed E-state index contributed by atoms with van der Waals surface area (Å²) in [6.45, 7) is 4.14. The van der Waals surface area contributed by atoms with Crippen LogP contribution in [-0.2, 0) is 6.54 Å². The Morgan fingerprint density at radius 1 is 1.09 bits per heavy atom. The van der Waals surface area contributed by atoms with E-state index in [2.05, 4.69) is 11.6 Å². The van der Waals surface area contributed by atoms with Gasteiger partial charge in [-0.3, -0.25) is 0 Å². The third-order valence-corrected chi connectivity index (χ3v) is 3.42. The van der Waals surface area contributed by atoms with Crippen LogP contribution in [0.4, 0.5) is 0 Å². The van der Waals surface area contributed by atoms with E-state index in [4.69, 9.17) is 0 Å². The highest BCUT2D eigenvalue weighted by Gasteiger charge is 2.15. The molecule has 3 rings (SSSR count). The maximum absolute atomic E-state index is 9.96.